The molecule has 1 aromatic carbocycles. The highest BCUT2D eigenvalue weighted by atomic mass is 35.5. The second-order valence-corrected chi connectivity index (χ2v) is 8.46. The largest absolute Gasteiger partial charge is 0.425 e. The fraction of sp³-hybridized carbons (Fsp3) is 0.560. The number of aromatic nitrogens is 2. The zero-order valence-corrected chi connectivity index (χ0v) is 19.3. The number of carbonyl (C=O) groups is 1. The highest BCUT2D eigenvalue weighted by Crippen LogP contribution is 2.23. The Morgan fingerprint density at radius 2 is 1.53 bits per heavy atom. The molecule has 0 saturated carbocycles. The normalized spacial score (nSPS) is 13.1. The van der Waals surface area contributed by atoms with Crippen LogP contribution in [0.3, 0.4) is 0 Å². The van der Waals surface area contributed by atoms with Crippen LogP contribution in [-0.4, -0.2) is 21.3 Å². The molecule has 4 nitrogen and oxygen atoms in total. The van der Waals surface area contributed by atoms with Gasteiger partial charge in [-0.3, -0.25) is 4.79 Å². The number of benzene rings is 1. The van der Waals surface area contributed by atoms with Gasteiger partial charge in [0.15, 0.2) is 0 Å². The highest BCUT2D eigenvalue weighted by molar-refractivity contribution is 6.30. The zero-order chi connectivity index (χ0) is 21.8. The molecule has 0 amide bonds. The maximum Gasteiger partial charge on any atom is 0.329 e. The summed E-state index contributed by atoms with van der Waals surface area (Å²) >= 11 is 6.16. The quantitative estimate of drug-likeness (QED) is 0.148. The summed E-state index contributed by atoms with van der Waals surface area (Å²) in [6.07, 6.45) is 14.5. The molecule has 2 atom stereocenters. The SMILES string of the molecule is CCCCCCCCCc1ncc(-c2ccc(OC(=O)C(Cl)C(C)CC)cc2)cn1. The lowest BCUT2D eigenvalue weighted by atomic mass is 10.1. The first-order valence-electron chi connectivity index (χ1n) is 11.3. The van der Waals surface area contributed by atoms with Crippen molar-refractivity contribution in [1.82, 2.24) is 9.97 Å². The van der Waals surface area contributed by atoms with Crippen LogP contribution in [0.25, 0.3) is 11.1 Å². The average Bonchev–Trinajstić information content (AvgIpc) is 2.78. The molecule has 164 valence electrons. The van der Waals surface area contributed by atoms with E-state index >= 15 is 0 Å². The molecule has 0 radical (unpaired) electrons. The van der Waals surface area contributed by atoms with E-state index in [-0.39, 0.29) is 5.92 Å². The minimum absolute atomic E-state index is 0.0789. The minimum Gasteiger partial charge on any atom is -0.425 e. The molecule has 2 aromatic rings. The van der Waals surface area contributed by atoms with Crippen LogP contribution in [0.2, 0.25) is 0 Å². The average molecular weight is 431 g/mol. The molecule has 2 rings (SSSR count). The van der Waals surface area contributed by atoms with Crippen LogP contribution in [0.4, 0.5) is 0 Å². The van der Waals surface area contributed by atoms with E-state index in [1.54, 1.807) is 12.1 Å². The Morgan fingerprint density at radius 3 is 2.13 bits per heavy atom. The smallest absolute Gasteiger partial charge is 0.329 e. The van der Waals surface area contributed by atoms with E-state index in [0.29, 0.717) is 5.75 Å². The van der Waals surface area contributed by atoms with Crippen LogP contribution in [-0.2, 0) is 11.2 Å². The van der Waals surface area contributed by atoms with E-state index in [9.17, 15) is 4.79 Å². The predicted molar refractivity (Wildman–Crippen MR) is 124 cm³/mol. The molecule has 5 heteroatoms. The number of hydrogen-bond acceptors (Lipinski definition) is 4. The third-order valence-electron chi connectivity index (χ3n) is 5.48. The summed E-state index contributed by atoms with van der Waals surface area (Å²) < 4.78 is 5.39. The fourth-order valence-corrected chi connectivity index (χ4v) is 3.42. The highest BCUT2D eigenvalue weighted by Gasteiger charge is 2.23. The van der Waals surface area contributed by atoms with Gasteiger partial charge >= 0.3 is 5.97 Å². The van der Waals surface area contributed by atoms with Crippen LogP contribution in [0.15, 0.2) is 36.7 Å². The molecule has 1 heterocycles. The molecule has 2 unspecified atom stereocenters. The third-order valence-corrected chi connectivity index (χ3v) is 6.09. The monoisotopic (exact) mass is 430 g/mol. The summed E-state index contributed by atoms with van der Waals surface area (Å²) in [5, 5.41) is -0.632. The lowest BCUT2D eigenvalue weighted by molar-refractivity contribution is -0.134. The van der Waals surface area contributed by atoms with E-state index in [1.165, 1.54) is 38.5 Å². The van der Waals surface area contributed by atoms with Crippen LogP contribution >= 0.6 is 11.6 Å². The molecule has 0 bridgehead atoms. The second kappa shape index (κ2) is 13.4. The number of esters is 1. The molecule has 0 aliphatic heterocycles. The number of aryl methyl sites for hydroxylation is 1. The molecule has 0 aliphatic carbocycles. The number of rotatable bonds is 13. The van der Waals surface area contributed by atoms with Crippen molar-refractivity contribution in [2.75, 3.05) is 0 Å². The molecule has 0 spiro atoms. The first-order chi connectivity index (χ1) is 14.5. The maximum absolute atomic E-state index is 12.1. The van der Waals surface area contributed by atoms with Gasteiger partial charge in [0.25, 0.3) is 0 Å². The molecular formula is C25H35ClN2O2. The van der Waals surface area contributed by atoms with Crippen molar-refractivity contribution in [3.63, 3.8) is 0 Å². The van der Waals surface area contributed by atoms with Crippen molar-refractivity contribution < 1.29 is 9.53 Å². The standard InChI is InChI=1S/C25H35ClN2O2/c1-4-6-7-8-9-10-11-12-23-27-17-21(18-28-23)20-13-15-22(16-14-20)30-25(29)24(26)19(3)5-2/h13-19,24H,4-12H2,1-3H3. The van der Waals surface area contributed by atoms with E-state index in [4.69, 9.17) is 16.3 Å². The lowest BCUT2D eigenvalue weighted by Gasteiger charge is -2.15. The molecule has 1 aromatic heterocycles. The minimum atomic E-state index is -0.632. The van der Waals surface area contributed by atoms with Gasteiger partial charge in [-0.05, 0) is 30.0 Å². The Bertz CT molecular complexity index is 747. The van der Waals surface area contributed by atoms with Gasteiger partial charge in [-0.25, -0.2) is 9.97 Å². The van der Waals surface area contributed by atoms with E-state index < -0.39 is 11.3 Å². The van der Waals surface area contributed by atoms with Crippen molar-refractivity contribution in [3.8, 4) is 16.9 Å². The zero-order valence-electron chi connectivity index (χ0n) is 18.6. The first-order valence-corrected chi connectivity index (χ1v) is 11.8. The number of carbonyl (C=O) groups excluding carboxylic acids is 1. The van der Waals surface area contributed by atoms with Crippen molar-refractivity contribution >= 4 is 17.6 Å². The van der Waals surface area contributed by atoms with Gasteiger partial charge in [-0.15, -0.1) is 11.6 Å². The number of alkyl halides is 1. The fourth-order valence-electron chi connectivity index (χ4n) is 3.20. The number of unbranched alkanes of at least 4 members (excludes halogenated alkanes) is 6. The Kier molecular flexibility index (Phi) is 10.9. The molecule has 0 saturated heterocycles. The van der Waals surface area contributed by atoms with Crippen LogP contribution in [0.5, 0.6) is 5.75 Å². The van der Waals surface area contributed by atoms with Crippen LogP contribution in [0, 0.1) is 5.92 Å². The number of nitrogens with zero attached hydrogens (tertiary/aromatic N) is 2. The molecule has 0 fully saturated rings. The van der Waals surface area contributed by atoms with Gasteiger partial charge < -0.3 is 4.74 Å². The molecule has 0 aliphatic rings. The summed E-state index contributed by atoms with van der Waals surface area (Å²) in [6, 6.07) is 7.37. The van der Waals surface area contributed by atoms with Crippen LogP contribution < -0.4 is 4.74 Å². The van der Waals surface area contributed by atoms with Gasteiger partial charge in [0.2, 0.25) is 0 Å². The van der Waals surface area contributed by atoms with Gasteiger partial charge in [0.1, 0.15) is 17.0 Å². The molecular weight excluding hydrogens is 396 g/mol. The van der Waals surface area contributed by atoms with Crippen molar-refractivity contribution in [1.29, 1.82) is 0 Å². The van der Waals surface area contributed by atoms with Gasteiger partial charge in [-0.2, -0.15) is 0 Å². The van der Waals surface area contributed by atoms with E-state index in [0.717, 1.165) is 36.2 Å². The third kappa shape index (κ3) is 8.06. The predicted octanol–water partition coefficient (Wildman–Crippen LogP) is 7.00. The van der Waals surface area contributed by atoms with E-state index in [1.807, 2.05) is 38.4 Å². The van der Waals surface area contributed by atoms with Crippen LogP contribution in [0.1, 0.15) is 78.0 Å². The first kappa shape index (κ1) is 24.3. The number of halogens is 1. The van der Waals surface area contributed by atoms with Gasteiger partial charge in [0, 0.05) is 24.4 Å². The summed E-state index contributed by atoms with van der Waals surface area (Å²) in [5.41, 5.74) is 1.94. The Balaban J connectivity index is 1.81. The summed E-state index contributed by atoms with van der Waals surface area (Å²) in [5.74, 6) is 1.07. The molecule has 0 N–H and O–H groups in total. The van der Waals surface area contributed by atoms with Crippen molar-refractivity contribution in [3.05, 3.63) is 42.5 Å². The summed E-state index contributed by atoms with van der Waals surface area (Å²) in [6.45, 7) is 6.19. The maximum atomic E-state index is 12.1. The Hall–Kier alpha value is -1.94. The van der Waals surface area contributed by atoms with E-state index in [2.05, 4.69) is 16.9 Å². The van der Waals surface area contributed by atoms with Crippen molar-refractivity contribution in [2.45, 2.75) is 83.9 Å². The second-order valence-electron chi connectivity index (χ2n) is 7.99. The van der Waals surface area contributed by atoms with Gasteiger partial charge in [-0.1, -0.05) is 77.8 Å². The topological polar surface area (TPSA) is 52.1 Å². The Labute approximate surface area is 186 Å². The van der Waals surface area contributed by atoms with Gasteiger partial charge in [0.05, 0.1) is 0 Å². The van der Waals surface area contributed by atoms with Crippen molar-refractivity contribution in [2.24, 2.45) is 5.92 Å². The lowest BCUT2D eigenvalue weighted by Crippen LogP contribution is -2.26. The number of hydrogen-bond donors (Lipinski definition) is 0. The Morgan fingerprint density at radius 1 is 0.933 bits per heavy atom. The number of ether oxygens (including phenoxy) is 1. The summed E-state index contributed by atoms with van der Waals surface area (Å²) in [7, 11) is 0. The summed E-state index contributed by atoms with van der Waals surface area (Å²) in [4.78, 5) is 21.1. The molecule has 30 heavy (non-hydrogen) atoms.